The SMILES string of the molecule is Cc1ccc(C(=O)COc2ccccc2N2C(=O)[C@H]3[C@@H]4C=C[C@@H]([C@H]5C[C@H]45)[C@@H]3C2=O)cc1C. The van der Waals surface area contributed by atoms with Gasteiger partial charge in [-0.2, -0.15) is 0 Å². The van der Waals surface area contributed by atoms with Gasteiger partial charge < -0.3 is 4.74 Å². The van der Waals surface area contributed by atoms with E-state index in [0.29, 0.717) is 28.8 Å². The summed E-state index contributed by atoms with van der Waals surface area (Å²) in [6.07, 6.45) is 5.47. The zero-order valence-corrected chi connectivity index (χ0v) is 18.2. The lowest BCUT2D eigenvalue weighted by Crippen LogP contribution is -2.40. The summed E-state index contributed by atoms with van der Waals surface area (Å²) >= 11 is 0. The predicted molar refractivity (Wildman–Crippen MR) is 119 cm³/mol. The number of hydrogen-bond donors (Lipinski definition) is 0. The molecule has 162 valence electrons. The Kier molecular flexibility index (Phi) is 4.19. The summed E-state index contributed by atoms with van der Waals surface area (Å²) < 4.78 is 5.87. The monoisotopic (exact) mass is 427 g/mol. The van der Waals surface area contributed by atoms with E-state index in [-0.39, 0.29) is 47.9 Å². The molecule has 32 heavy (non-hydrogen) atoms. The number of anilines is 1. The highest BCUT2D eigenvalue weighted by Gasteiger charge is 2.67. The predicted octanol–water partition coefficient (Wildman–Crippen LogP) is 4.12. The molecule has 6 atom stereocenters. The summed E-state index contributed by atoms with van der Waals surface area (Å²) in [6.45, 7) is 3.82. The molecule has 5 nitrogen and oxygen atoms in total. The molecular weight excluding hydrogens is 402 g/mol. The molecule has 5 heteroatoms. The van der Waals surface area contributed by atoms with Crippen LogP contribution in [0.4, 0.5) is 5.69 Å². The summed E-state index contributed by atoms with van der Waals surface area (Å²) in [6, 6.07) is 12.6. The fourth-order valence-corrected chi connectivity index (χ4v) is 6.10. The number of imide groups is 1. The maximum atomic E-state index is 13.4. The molecule has 1 heterocycles. The molecule has 2 bridgehead atoms. The van der Waals surface area contributed by atoms with E-state index in [1.807, 2.05) is 26.0 Å². The molecule has 2 saturated carbocycles. The van der Waals surface area contributed by atoms with Crippen molar-refractivity contribution in [1.82, 2.24) is 0 Å². The number of ketones is 1. The van der Waals surface area contributed by atoms with E-state index in [2.05, 4.69) is 12.2 Å². The highest BCUT2D eigenvalue weighted by molar-refractivity contribution is 6.23. The molecule has 4 aliphatic carbocycles. The first kappa shape index (κ1) is 19.5. The van der Waals surface area contributed by atoms with Gasteiger partial charge in [0, 0.05) is 5.56 Å². The first-order valence-corrected chi connectivity index (χ1v) is 11.3. The summed E-state index contributed by atoms with van der Waals surface area (Å²) in [5.74, 6) is 0.954. The first-order chi connectivity index (χ1) is 15.5. The van der Waals surface area contributed by atoms with E-state index in [4.69, 9.17) is 4.74 Å². The van der Waals surface area contributed by atoms with Gasteiger partial charge >= 0.3 is 0 Å². The molecule has 0 spiro atoms. The Hall–Kier alpha value is -3.21. The van der Waals surface area contributed by atoms with Crippen molar-refractivity contribution in [1.29, 1.82) is 0 Å². The summed E-state index contributed by atoms with van der Waals surface area (Å²) in [5, 5.41) is 0. The van der Waals surface area contributed by atoms with Crippen LogP contribution in [0.15, 0.2) is 54.6 Å². The molecule has 1 aliphatic heterocycles. The van der Waals surface area contributed by atoms with Gasteiger partial charge in [0.25, 0.3) is 0 Å². The molecule has 0 N–H and O–H groups in total. The van der Waals surface area contributed by atoms with E-state index in [1.165, 1.54) is 4.90 Å². The Bertz CT molecular complexity index is 1160. The van der Waals surface area contributed by atoms with Crippen molar-refractivity contribution in [3.63, 3.8) is 0 Å². The quantitative estimate of drug-likeness (QED) is 0.409. The maximum Gasteiger partial charge on any atom is 0.238 e. The largest absolute Gasteiger partial charge is 0.483 e. The third-order valence-electron chi connectivity index (χ3n) is 7.96. The number of rotatable bonds is 5. The number of allylic oxidation sites excluding steroid dienone is 2. The van der Waals surface area contributed by atoms with Crippen LogP contribution in [0.5, 0.6) is 5.75 Å². The third kappa shape index (κ3) is 2.73. The molecule has 0 radical (unpaired) electrons. The third-order valence-corrected chi connectivity index (χ3v) is 7.96. The molecule has 0 unspecified atom stereocenters. The van der Waals surface area contributed by atoms with Gasteiger partial charge in [0.05, 0.1) is 17.5 Å². The average Bonchev–Trinajstić information content (AvgIpc) is 3.58. The zero-order chi connectivity index (χ0) is 22.1. The number of carbonyl (C=O) groups excluding carboxylic acids is 3. The number of Topliss-reactive ketones (excluding diaryl/α,β-unsaturated/α-hetero) is 1. The van der Waals surface area contributed by atoms with E-state index in [9.17, 15) is 14.4 Å². The van der Waals surface area contributed by atoms with Crippen LogP contribution in [0.3, 0.4) is 0 Å². The van der Waals surface area contributed by atoms with Crippen molar-refractivity contribution in [3.05, 3.63) is 71.3 Å². The molecule has 2 aromatic carbocycles. The van der Waals surface area contributed by atoms with Crippen LogP contribution < -0.4 is 9.64 Å². The molecule has 3 fully saturated rings. The molecule has 2 amide bonds. The van der Waals surface area contributed by atoms with Crippen LogP contribution in [-0.2, 0) is 9.59 Å². The highest BCUT2D eigenvalue weighted by Crippen LogP contribution is 2.65. The fraction of sp³-hybridized carbons (Fsp3) is 0.370. The van der Waals surface area contributed by atoms with Crippen LogP contribution in [0.25, 0.3) is 0 Å². The smallest absolute Gasteiger partial charge is 0.238 e. The van der Waals surface area contributed by atoms with Crippen LogP contribution in [-0.4, -0.2) is 24.2 Å². The van der Waals surface area contributed by atoms with Crippen molar-refractivity contribution >= 4 is 23.3 Å². The number of carbonyl (C=O) groups is 3. The Morgan fingerprint density at radius 2 is 1.59 bits per heavy atom. The Morgan fingerprint density at radius 3 is 2.25 bits per heavy atom. The molecule has 1 saturated heterocycles. The molecule has 2 aromatic rings. The van der Waals surface area contributed by atoms with Crippen LogP contribution in [0, 0.1) is 49.4 Å². The second kappa shape index (κ2) is 6.89. The second-order valence-electron chi connectivity index (χ2n) is 9.65. The van der Waals surface area contributed by atoms with Gasteiger partial charge in [0.2, 0.25) is 11.8 Å². The normalized spacial score (nSPS) is 31.5. The van der Waals surface area contributed by atoms with Crippen LogP contribution in [0.1, 0.15) is 27.9 Å². The van der Waals surface area contributed by atoms with Gasteiger partial charge in [-0.3, -0.25) is 14.4 Å². The van der Waals surface area contributed by atoms with Gasteiger partial charge in [-0.25, -0.2) is 4.90 Å². The fourth-order valence-electron chi connectivity index (χ4n) is 6.10. The van der Waals surface area contributed by atoms with E-state index in [0.717, 1.165) is 17.5 Å². The minimum absolute atomic E-state index is 0.124. The molecular formula is C27H25NO4. The van der Waals surface area contributed by atoms with Gasteiger partial charge in [-0.05, 0) is 73.3 Å². The lowest BCUT2D eigenvalue weighted by molar-refractivity contribution is -0.124. The van der Waals surface area contributed by atoms with E-state index >= 15 is 0 Å². The second-order valence-corrected chi connectivity index (χ2v) is 9.65. The summed E-state index contributed by atoms with van der Waals surface area (Å²) in [4.78, 5) is 40.9. The Balaban J connectivity index is 1.25. The number of hydrogen-bond acceptors (Lipinski definition) is 4. The van der Waals surface area contributed by atoms with Crippen molar-refractivity contribution in [2.45, 2.75) is 20.3 Å². The maximum absolute atomic E-state index is 13.4. The zero-order valence-electron chi connectivity index (χ0n) is 18.2. The number of amides is 2. The lowest BCUT2D eigenvalue weighted by Gasteiger charge is -2.37. The minimum atomic E-state index is -0.258. The van der Waals surface area contributed by atoms with Crippen LogP contribution in [0.2, 0.25) is 0 Å². The van der Waals surface area contributed by atoms with E-state index in [1.54, 1.807) is 30.3 Å². The number of para-hydroxylation sites is 2. The summed E-state index contributed by atoms with van der Waals surface area (Å²) in [7, 11) is 0. The number of ether oxygens (including phenoxy) is 1. The first-order valence-electron chi connectivity index (χ1n) is 11.3. The minimum Gasteiger partial charge on any atom is -0.483 e. The van der Waals surface area contributed by atoms with Crippen molar-refractivity contribution in [2.75, 3.05) is 11.5 Å². The molecule has 0 aromatic heterocycles. The number of benzene rings is 2. The number of nitrogens with zero attached hydrogens (tertiary/aromatic N) is 1. The van der Waals surface area contributed by atoms with Gasteiger partial charge in [0.1, 0.15) is 5.75 Å². The van der Waals surface area contributed by atoms with Crippen molar-refractivity contribution in [3.8, 4) is 5.75 Å². The van der Waals surface area contributed by atoms with Crippen LogP contribution >= 0.6 is 0 Å². The summed E-state index contributed by atoms with van der Waals surface area (Å²) in [5.41, 5.74) is 3.21. The number of aryl methyl sites for hydroxylation is 2. The standard InChI is InChI=1S/C27H25NO4/c1-14-7-8-16(11-15(14)2)22(29)13-32-23-6-4-3-5-21(23)28-26(30)24-17-9-10-18(20-12-19(17)20)25(24)27(28)31/h3-11,17-20,24-25H,12-13H2,1-2H3/t17-,18+,19-,20-,24+,25+/m1/s1. The molecule has 7 rings (SSSR count). The highest BCUT2D eigenvalue weighted by atomic mass is 16.5. The Labute approximate surface area is 187 Å². The van der Waals surface area contributed by atoms with Gasteiger partial charge in [-0.15, -0.1) is 0 Å². The lowest BCUT2D eigenvalue weighted by atomic mass is 9.63. The van der Waals surface area contributed by atoms with Gasteiger partial charge in [-0.1, -0.05) is 36.4 Å². The Morgan fingerprint density at radius 1 is 0.938 bits per heavy atom. The average molecular weight is 428 g/mol. The van der Waals surface area contributed by atoms with E-state index < -0.39 is 0 Å². The van der Waals surface area contributed by atoms with Gasteiger partial charge in [0.15, 0.2) is 12.4 Å². The topological polar surface area (TPSA) is 63.7 Å². The van der Waals surface area contributed by atoms with Crippen molar-refractivity contribution < 1.29 is 19.1 Å². The molecule has 5 aliphatic rings. The van der Waals surface area contributed by atoms with Crippen molar-refractivity contribution in [2.24, 2.45) is 35.5 Å².